The third-order valence-electron chi connectivity index (χ3n) is 8.66. The molecule has 0 radical (unpaired) electrons. The van der Waals surface area contributed by atoms with E-state index in [1.807, 2.05) is 0 Å². The van der Waals surface area contributed by atoms with Crippen LogP contribution >= 0.6 is 0 Å². The molecule has 0 spiro atoms. The number of nitrogens with zero attached hydrogens (tertiary/aromatic N) is 1. The Kier molecular flexibility index (Phi) is 33.1. The zero-order valence-electron chi connectivity index (χ0n) is 27.7. The maximum Gasteiger partial charge on any atom is -0.00187 e. The number of unbranched alkanes of at least 4 members (excludes halogenated alkanes) is 25. The van der Waals surface area contributed by atoms with E-state index in [0.29, 0.717) is 0 Å². The molecule has 0 heterocycles. The van der Waals surface area contributed by atoms with Gasteiger partial charge in [-0.2, -0.15) is 0 Å². The van der Waals surface area contributed by atoms with Gasteiger partial charge in [-0.3, -0.25) is 0 Å². The zero-order chi connectivity index (χ0) is 27.8. The molecular formula is C37H77N. The van der Waals surface area contributed by atoms with E-state index in [-0.39, 0.29) is 0 Å². The molecule has 1 nitrogen and oxygen atoms in total. The number of hydrogen-bond donors (Lipinski definition) is 0. The summed E-state index contributed by atoms with van der Waals surface area (Å²) in [5, 5.41) is 0. The summed E-state index contributed by atoms with van der Waals surface area (Å²) in [5.41, 5.74) is 0. The Morgan fingerprint density at radius 1 is 0.316 bits per heavy atom. The van der Waals surface area contributed by atoms with Crippen LogP contribution in [0.25, 0.3) is 0 Å². The summed E-state index contributed by atoms with van der Waals surface area (Å²) in [5.74, 6) is 0.888. The van der Waals surface area contributed by atoms with E-state index in [9.17, 15) is 0 Å². The number of hydrogen-bond acceptors (Lipinski definition) is 1. The van der Waals surface area contributed by atoms with Gasteiger partial charge in [0.2, 0.25) is 0 Å². The summed E-state index contributed by atoms with van der Waals surface area (Å²) in [4.78, 5) is 2.85. The Hall–Kier alpha value is -0.0400. The molecule has 38 heavy (non-hydrogen) atoms. The first-order chi connectivity index (χ1) is 18.7. The van der Waals surface area contributed by atoms with Crippen LogP contribution in [0.3, 0.4) is 0 Å². The van der Waals surface area contributed by atoms with Crippen LogP contribution < -0.4 is 0 Å². The molecule has 230 valence electrons. The van der Waals surface area contributed by atoms with Gasteiger partial charge >= 0.3 is 0 Å². The smallest absolute Gasteiger partial charge is 0.00187 e. The van der Waals surface area contributed by atoms with E-state index in [2.05, 4.69) is 32.6 Å². The average Bonchev–Trinajstić information content (AvgIpc) is 2.91. The predicted octanol–water partition coefficient (Wildman–Crippen LogP) is 13.3. The second kappa shape index (κ2) is 33.2. The molecule has 0 aromatic heterocycles. The van der Waals surface area contributed by atoms with E-state index < -0.39 is 0 Å². The van der Waals surface area contributed by atoms with Gasteiger partial charge < -0.3 is 4.90 Å². The van der Waals surface area contributed by atoms with Crippen molar-refractivity contribution in [1.82, 2.24) is 4.90 Å². The topological polar surface area (TPSA) is 3.24 Å². The van der Waals surface area contributed by atoms with E-state index in [4.69, 9.17) is 0 Å². The molecule has 0 atom stereocenters. The first kappa shape index (κ1) is 38.0. The van der Waals surface area contributed by atoms with Crippen LogP contribution in [0.5, 0.6) is 0 Å². The molecule has 0 rings (SSSR count). The van der Waals surface area contributed by atoms with Crippen molar-refractivity contribution in [3.63, 3.8) is 0 Å². The van der Waals surface area contributed by atoms with Gasteiger partial charge in [-0.05, 0) is 44.8 Å². The molecule has 0 saturated heterocycles. The van der Waals surface area contributed by atoms with Crippen LogP contribution in [-0.2, 0) is 0 Å². The molecule has 0 aliphatic carbocycles. The second-order valence-electron chi connectivity index (χ2n) is 13.2. The fourth-order valence-corrected chi connectivity index (χ4v) is 5.93. The molecule has 0 fully saturated rings. The number of rotatable bonds is 33. The van der Waals surface area contributed by atoms with E-state index in [1.165, 1.54) is 206 Å². The monoisotopic (exact) mass is 536 g/mol. The molecule has 1 heteroatoms. The Bertz CT molecular complexity index is 380. The molecule has 0 aromatic carbocycles. The maximum absolute atomic E-state index is 2.85. The van der Waals surface area contributed by atoms with Gasteiger partial charge in [0.05, 0.1) is 0 Å². The second-order valence-corrected chi connectivity index (χ2v) is 13.2. The van der Waals surface area contributed by atoms with Crippen LogP contribution in [0.2, 0.25) is 0 Å². The molecule has 0 amide bonds. The minimum absolute atomic E-state index is 0.888. The summed E-state index contributed by atoms with van der Waals surface area (Å²) >= 11 is 0. The average molecular weight is 536 g/mol. The van der Waals surface area contributed by atoms with Crippen LogP contribution in [0, 0.1) is 5.92 Å². The van der Waals surface area contributed by atoms with E-state index in [1.54, 1.807) is 0 Å². The third-order valence-corrected chi connectivity index (χ3v) is 8.66. The minimum Gasteiger partial charge on any atom is -0.303 e. The van der Waals surface area contributed by atoms with Crippen LogP contribution in [0.1, 0.15) is 214 Å². The summed E-state index contributed by atoms with van der Waals surface area (Å²) < 4.78 is 0. The maximum atomic E-state index is 2.85. The van der Waals surface area contributed by atoms with Crippen LogP contribution in [0.4, 0.5) is 0 Å². The van der Waals surface area contributed by atoms with Gasteiger partial charge in [0.25, 0.3) is 0 Å². The first-order valence-electron chi connectivity index (χ1n) is 18.4. The summed E-state index contributed by atoms with van der Waals surface area (Å²) in [6.07, 6.45) is 42.2. The fraction of sp³-hybridized carbons (Fsp3) is 1.00. The van der Waals surface area contributed by atoms with E-state index in [0.717, 1.165) is 5.92 Å². The largest absolute Gasteiger partial charge is 0.303 e. The highest BCUT2D eigenvalue weighted by atomic mass is 15.1. The van der Waals surface area contributed by atoms with E-state index >= 15 is 0 Å². The van der Waals surface area contributed by atoms with Gasteiger partial charge in [0, 0.05) is 0 Å². The molecule has 0 aliphatic heterocycles. The lowest BCUT2D eigenvalue weighted by Crippen LogP contribution is -2.27. The quantitative estimate of drug-likeness (QED) is 0.0755. The van der Waals surface area contributed by atoms with Crippen molar-refractivity contribution in [2.75, 3.05) is 19.6 Å². The van der Waals surface area contributed by atoms with Crippen LogP contribution in [0.15, 0.2) is 0 Å². The molecule has 0 N–H and O–H groups in total. The van der Waals surface area contributed by atoms with Crippen LogP contribution in [-0.4, -0.2) is 24.5 Å². The van der Waals surface area contributed by atoms with Gasteiger partial charge in [-0.25, -0.2) is 0 Å². The minimum atomic E-state index is 0.888. The summed E-state index contributed by atoms with van der Waals surface area (Å²) in [7, 11) is 0. The van der Waals surface area contributed by atoms with Crippen molar-refractivity contribution in [2.45, 2.75) is 214 Å². The highest BCUT2D eigenvalue weighted by Gasteiger charge is 2.05. The molecule has 0 bridgehead atoms. The van der Waals surface area contributed by atoms with Crippen molar-refractivity contribution >= 4 is 0 Å². The first-order valence-corrected chi connectivity index (χ1v) is 18.4. The van der Waals surface area contributed by atoms with Crippen molar-refractivity contribution < 1.29 is 0 Å². The SMILES string of the molecule is CCCCCCCCCCCCN(CCCCCCCCCCCC)CCCCCCCCCCC(C)C. The molecule has 0 unspecified atom stereocenters. The molecule has 0 saturated carbocycles. The van der Waals surface area contributed by atoms with Crippen molar-refractivity contribution in [2.24, 2.45) is 5.92 Å². The van der Waals surface area contributed by atoms with Gasteiger partial charge in [0.15, 0.2) is 0 Å². The van der Waals surface area contributed by atoms with Crippen molar-refractivity contribution in [1.29, 1.82) is 0 Å². The van der Waals surface area contributed by atoms with Gasteiger partial charge in [-0.15, -0.1) is 0 Å². The fourth-order valence-electron chi connectivity index (χ4n) is 5.93. The molecule has 0 aliphatic rings. The van der Waals surface area contributed by atoms with Crippen molar-refractivity contribution in [3.8, 4) is 0 Å². The lowest BCUT2D eigenvalue weighted by atomic mass is 10.0. The Labute approximate surface area is 244 Å². The molecular weight excluding hydrogens is 458 g/mol. The standard InChI is InChI=1S/C37H77N/c1-5-7-9-11-13-15-18-22-26-30-34-38(35-31-27-23-19-16-14-12-10-8-6-2)36-32-28-24-20-17-21-25-29-33-37(3)4/h37H,5-36H2,1-4H3. The third kappa shape index (κ3) is 32.2. The highest BCUT2D eigenvalue weighted by molar-refractivity contribution is 4.61. The normalized spacial score (nSPS) is 11.8. The predicted molar refractivity (Wildman–Crippen MR) is 177 cm³/mol. The zero-order valence-corrected chi connectivity index (χ0v) is 27.7. The van der Waals surface area contributed by atoms with Crippen molar-refractivity contribution in [3.05, 3.63) is 0 Å². The Balaban J connectivity index is 3.89. The lowest BCUT2D eigenvalue weighted by molar-refractivity contribution is 0.254. The highest BCUT2D eigenvalue weighted by Crippen LogP contribution is 2.15. The Morgan fingerprint density at radius 2 is 0.553 bits per heavy atom. The summed E-state index contributed by atoms with van der Waals surface area (Å²) in [6, 6.07) is 0. The van der Waals surface area contributed by atoms with Gasteiger partial charge in [0.1, 0.15) is 0 Å². The van der Waals surface area contributed by atoms with Gasteiger partial charge in [-0.1, -0.05) is 195 Å². The Morgan fingerprint density at radius 3 is 0.816 bits per heavy atom. The molecule has 0 aromatic rings. The summed E-state index contributed by atoms with van der Waals surface area (Å²) in [6.45, 7) is 13.4. The lowest BCUT2D eigenvalue weighted by Gasteiger charge is -2.22.